The van der Waals surface area contributed by atoms with E-state index >= 15 is 0 Å². The molecule has 0 saturated heterocycles. The van der Waals surface area contributed by atoms with E-state index in [1.165, 1.54) is 7.11 Å². The predicted octanol–water partition coefficient (Wildman–Crippen LogP) is 2.41. The molecule has 0 aliphatic rings. The summed E-state index contributed by atoms with van der Waals surface area (Å²) in [6.45, 7) is 4.71. The van der Waals surface area contributed by atoms with Crippen molar-refractivity contribution in [1.29, 1.82) is 0 Å². The molecule has 2 aromatic rings. The van der Waals surface area contributed by atoms with Gasteiger partial charge in [0.05, 0.1) is 31.5 Å². The molecule has 0 radical (unpaired) electrons. The molecule has 0 spiro atoms. The van der Waals surface area contributed by atoms with Gasteiger partial charge in [0.25, 0.3) is 5.91 Å². The molecule has 1 heterocycles. The molecule has 2 rings (SSSR count). The highest BCUT2D eigenvalue weighted by Crippen LogP contribution is 2.25. The number of benzene rings is 1. The molecule has 1 atom stereocenters. The van der Waals surface area contributed by atoms with Crippen LogP contribution in [0.15, 0.2) is 30.5 Å². The Kier molecular flexibility index (Phi) is 5.04. The van der Waals surface area contributed by atoms with Crippen molar-refractivity contribution in [1.82, 2.24) is 15.1 Å². The number of carbonyl (C=O) groups is 1. The highest BCUT2D eigenvalue weighted by molar-refractivity contribution is 5.97. The number of hydrogen-bond donors (Lipinski definition) is 1. The monoisotopic (exact) mass is 303 g/mol. The summed E-state index contributed by atoms with van der Waals surface area (Å²) in [4.78, 5) is 12.4. The fraction of sp³-hybridized carbons (Fsp3) is 0.375. The lowest BCUT2D eigenvalue weighted by atomic mass is 10.1. The van der Waals surface area contributed by atoms with E-state index in [1.54, 1.807) is 25.3 Å². The van der Waals surface area contributed by atoms with Gasteiger partial charge in [-0.3, -0.25) is 9.48 Å². The van der Waals surface area contributed by atoms with Gasteiger partial charge in [-0.15, -0.1) is 0 Å². The van der Waals surface area contributed by atoms with Crippen molar-refractivity contribution in [3.05, 3.63) is 41.7 Å². The second-order valence-corrected chi connectivity index (χ2v) is 4.86. The topological polar surface area (TPSA) is 65.4 Å². The summed E-state index contributed by atoms with van der Waals surface area (Å²) in [7, 11) is 3.10. The molecule has 6 nitrogen and oxygen atoms in total. The Morgan fingerprint density at radius 3 is 2.68 bits per heavy atom. The van der Waals surface area contributed by atoms with Crippen LogP contribution in [0.2, 0.25) is 0 Å². The standard InChI is InChI=1S/C16H21N3O3/c1-5-19-9-8-14(18-19)11(2)17-16(20)13-7-6-12(21-3)10-15(13)22-4/h6-11H,5H2,1-4H3,(H,17,20). The number of aromatic nitrogens is 2. The summed E-state index contributed by atoms with van der Waals surface area (Å²) >= 11 is 0. The van der Waals surface area contributed by atoms with Crippen molar-refractivity contribution < 1.29 is 14.3 Å². The average Bonchev–Trinajstić information content (AvgIpc) is 3.03. The molecule has 1 aromatic heterocycles. The normalized spacial score (nSPS) is 11.8. The van der Waals surface area contributed by atoms with Gasteiger partial charge in [-0.1, -0.05) is 0 Å². The third-order valence-electron chi connectivity index (χ3n) is 3.43. The lowest BCUT2D eigenvalue weighted by Crippen LogP contribution is -2.27. The van der Waals surface area contributed by atoms with E-state index in [0.717, 1.165) is 12.2 Å². The lowest BCUT2D eigenvalue weighted by molar-refractivity contribution is 0.0936. The number of methoxy groups -OCH3 is 2. The Labute approximate surface area is 130 Å². The van der Waals surface area contributed by atoms with Crippen LogP contribution < -0.4 is 14.8 Å². The summed E-state index contributed by atoms with van der Waals surface area (Å²) < 4.78 is 12.2. The Hall–Kier alpha value is -2.50. The molecular formula is C16H21N3O3. The lowest BCUT2D eigenvalue weighted by Gasteiger charge is -2.14. The zero-order valence-electron chi connectivity index (χ0n) is 13.3. The maximum absolute atomic E-state index is 12.4. The molecule has 0 fully saturated rings. The summed E-state index contributed by atoms with van der Waals surface area (Å²) in [6.07, 6.45) is 1.89. The summed E-state index contributed by atoms with van der Waals surface area (Å²) in [5, 5.41) is 7.32. The maximum atomic E-state index is 12.4. The van der Waals surface area contributed by atoms with Crippen molar-refractivity contribution in [2.75, 3.05) is 14.2 Å². The van der Waals surface area contributed by atoms with Crippen molar-refractivity contribution >= 4 is 5.91 Å². The van der Waals surface area contributed by atoms with Crippen molar-refractivity contribution in [2.45, 2.75) is 26.4 Å². The summed E-state index contributed by atoms with van der Waals surface area (Å²) in [5.41, 5.74) is 1.28. The largest absolute Gasteiger partial charge is 0.497 e. The average molecular weight is 303 g/mol. The second-order valence-electron chi connectivity index (χ2n) is 4.86. The zero-order valence-corrected chi connectivity index (χ0v) is 13.3. The van der Waals surface area contributed by atoms with Crippen molar-refractivity contribution in [3.63, 3.8) is 0 Å². The highest BCUT2D eigenvalue weighted by atomic mass is 16.5. The fourth-order valence-electron chi connectivity index (χ4n) is 2.12. The number of amides is 1. The molecule has 1 aromatic carbocycles. The van der Waals surface area contributed by atoms with E-state index < -0.39 is 0 Å². The van der Waals surface area contributed by atoms with E-state index in [9.17, 15) is 4.79 Å². The van der Waals surface area contributed by atoms with Gasteiger partial charge in [-0.2, -0.15) is 5.10 Å². The molecule has 1 N–H and O–H groups in total. The molecule has 6 heteroatoms. The van der Waals surface area contributed by atoms with Crippen LogP contribution in [0.4, 0.5) is 0 Å². The van der Waals surface area contributed by atoms with Crippen LogP contribution in [0.1, 0.15) is 35.9 Å². The van der Waals surface area contributed by atoms with Gasteiger partial charge in [0.2, 0.25) is 0 Å². The number of rotatable bonds is 6. The first-order chi connectivity index (χ1) is 10.6. The molecule has 1 unspecified atom stereocenters. The SMILES string of the molecule is CCn1ccc(C(C)NC(=O)c2ccc(OC)cc2OC)n1. The quantitative estimate of drug-likeness (QED) is 0.890. The predicted molar refractivity (Wildman–Crippen MR) is 83.3 cm³/mol. The molecular weight excluding hydrogens is 282 g/mol. The van der Waals surface area contributed by atoms with Gasteiger partial charge in [-0.25, -0.2) is 0 Å². The Balaban J connectivity index is 2.14. The smallest absolute Gasteiger partial charge is 0.255 e. The van der Waals surface area contributed by atoms with E-state index in [1.807, 2.05) is 30.8 Å². The minimum Gasteiger partial charge on any atom is -0.497 e. The fourth-order valence-corrected chi connectivity index (χ4v) is 2.12. The maximum Gasteiger partial charge on any atom is 0.255 e. The van der Waals surface area contributed by atoms with Gasteiger partial charge in [0.1, 0.15) is 11.5 Å². The molecule has 0 bridgehead atoms. The van der Waals surface area contributed by atoms with Crippen LogP contribution >= 0.6 is 0 Å². The minimum absolute atomic E-state index is 0.188. The molecule has 118 valence electrons. The van der Waals surface area contributed by atoms with E-state index in [4.69, 9.17) is 9.47 Å². The van der Waals surface area contributed by atoms with Crippen LogP contribution in [0.25, 0.3) is 0 Å². The van der Waals surface area contributed by atoms with Gasteiger partial charge >= 0.3 is 0 Å². The third kappa shape index (κ3) is 3.39. The van der Waals surface area contributed by atoms with Crippen molar-refractivity contribution in [3.8, 4) is 11.5 Å². The summed E-state index contributed by atoms with van der Waals surface area (Å²) in [5.74, 6) is 0.907. The van der Waals surface area contributed by atoms with Crippen LogP contribution in [-0.2, 0) is 6.54 Å². The van der Waals surface area contributed by atoms with Crippen LogP contribution in [-0.4, -0.2) is 29.9 Å². The third-order valence-corrected chi connectivity index (χ3v) is 3.43. The van der Waals surface area contributed by atoms with E-state index in [0.29, 0.717) is 17.1 Å². The molecule has 1 amide bonds. The Bertz CT molecular complexity index is 652. The van der Waals surface area contributed by atoms with E-state index in [-0.39, 0.29) is 11.9 Å². The number of hydrogen-bond acceptors (Lipinski definition) is 4. The number of nitrogens with one attached hydrogen (secondary N) is 1. The second kappa shape index (κ2) is 6.98. The first-order valence-corrected chi connectivity index (χ1v) is 7.15. The van der Waals surface area contributed by atoms with Gasteiger partial charge in [0.15, 0.2) is 0 Å². The van der Waals surface area contributed by atoms with Crippen LogP contribution in [0.5, 0.6) is 11.5 Å². The molecule has 0 saturated carbocycles. The van der Waals surface area contributed by atoms with Gasteiger partial charge < -0.3 is 14.8 Å². The van der Waals surface area contributed by atoms with Gasteiger partial charge in [0, 0.05) is 18.8 Å². The number of carbonyl (C=O) groups excluding carboxylic acids is 1. The molecule has 22 heavy (non-hydrogen) atoms. The first-order valence-electron chi connectivity index (χ1n) is 7.15. The summed E-state index contributed by atoms with van der Waals surface area (Å²) in [6, 6.07) is 6.82. The van der Waals surface area contributed by atoms with Crippen LogP contribution in [0.3, 0.4) is 0 Å². The van der Waals surface area contributed by atoms with Crippen molar-refractivity contribution in [2.24, 2.45) is 0 Å². The van der Waals surface area contributed by atoms with E-state index in [2.05, 4.69) is 10.4 Å². The number of aryl methyl sites for hydroxylation is 1. The number of nitrogens with zero attached hydrogens (tertiary/aromatic N) is 2. The van der Waals surface area contributed by atoms with Gasteiger partial charge in [-0.05, 0) is 32.0 Å². The van der Waals surface area contributed by atoms with Crippen LogP contribution in [0, 0.1) is 0 Å². The zero-order chi connectivity index (χ0) is 16.1. The molecule has 0 aliphatic heterocycles. The minimum atomic E-state index is -0.210. The highest BCUT2D eigenvalue weighted by Gasteiger charge is 2.17. The Morgan fingerprint density at radius 2 is 2.09 bits per heavy atom. The molecule has 0 aliphatic carbocycles. The Morgan fingerprint density at radius 1 is 1.32 bits per heavy atom. The number of ether oxygens (including phenoxy) is 2. The first kappa shape index (κ1) is 15.9.